The molecule has 2 aromatic rings. The third-order valence-electron chi connectivity index (χ3n) is 2.66. The molecule has 0 amide bonds. The van der Waals surface area contributed by atoms with E-state index in [1.165, 1.54) is 0 Å². The Kier molecular flexibility index (Phi) is 3.72. The van der Waals surface area contributed by atoms with E-state index in [1.807, 2.05) is 18.2 Å². The Morgan fingerprint density at radius 1 is 1.06 bits per heavy atom. The van der Waals surface area contributed by atoms with Gasteiger partial charge in [-0.2, -0.15) is 0 Å². The van der Waals surface area contributed by atoms with E-state index >= 15 is 0 Å². The van der Waals surface area contributed by atoms with E-state index in [0.29, 0.717) is 5.88 Å². The third-order valence-corrected chi connectivity index (χ3v) is 2.66. The summed E-state index contributed by atoms with van der Waals surface area (Å²) >= 11 is 0. The number of methoxy groups -OCH3 is 2. The molecule has 0 radical (unpaired) electrons. The van der Waals surface area contributed by atoms with Gasteiger partial charge < -0.3 is 19.7 Å². The number of nitrogens with zero attached hydrogens (tertiary/aromatic N) is 1. The van der Waals surface area contributed by atoms with Crippen molar-refractivity contribution < 1.29 is 14.0 Å². The summed E-state index contributed by atoms with van der Waals surface area (Å²) in [7, 11) is 3.27. The fourth-order valence-electron chi connectivity index (χ4n) is 1.73. The first-order chi connectivity index (χ1) is 8.71. The number of rotatable bonds is 5. The van der Waals surface area contributed by atoms with Crippen molar-refractivity contribution in [3.63, 3.8) is 0 Å². The summed E-state index contributed by atoms with van der Waals surface area (Å²) in [6, 6.07) is 7.53. The van der Waals surface area contributed by atoms with Crippen LogP contribution in [0.15, 0.2) is 28.8 Å². The van der Waals surface area contributed by atoms with Crippen LogP contribution in [0.1, 0.15) is 11.3 Å². The molecule has 0 aliphatic carbocycles. The van der Waals surface area contributed by atoms with Crippen LogP contribution < -0.4 is 15.2 Å². The summed E-state index contributed by atoms with van der Waals surface area (Å²) in [5, 5.41) is 3.85. The highest BCUT2D eigenvalue weighted by Gasteiger charge is 2.05. The van der Waals surface area contributed by atoms with Gasteiger partial charge in [0.25, 0.3) is 0 Å². The van der Waals surface area contributed by atoms with Crippen LogP contribution in [0.3, 0.4) is 0 Å². The summed E-state index contributed by atoms with van der Waals surface area (Å²) in [6.07, 6.45) is 1.58. The minimum Gasteiger partial charge on any atom is -0.497 e. The maximum absolute atomic E-state index is 5.47. The maximum Gasteiger partial charge on any atom is 0.222 e. The van der Waals surface area contributed by atoms with E-state index in [0.717, 1.165) is 35.6 Å². The predicted molar refractivity (Wildman–Crippen MR) is 67.9 cm³/mol. The van der Waals surface area contributed by atoms with Gasteiger partial charge in [0, 0.05) is 12.1 Å². The zero-order valence-corrected chi connectivity index (χ0v) is 10.5. The molecule has 0 saturated carbocycles. The zero-order valence-electron chi connectivity index (χ0n) is 10.5. The van der Waals surface area contributed by atoms with Crippen LogP contribution in [0.4, 0.5) is 5.88 Å². The normalized spacial score (nSPS) is 10.3. The molecule has 1 aromatic carbocycles. The molecule has 96 valence electrons. The fraction of sp³-hybridized carbons (Fsp3) is 0.308. The van der Waals surface area contributed by atoms with Crippen LogP contribution in [0.5, 0.6) is 11.5 Å². The topological polar surface area (TPSA) is 70.5 Å². The standard InChI is InChI=1S/C13H16N2O3/c1-16-11-5-9(6-12(8-11)17-2)3-4-10-7-13(14)18-15-10/h5-8H,3-4,14H2,1-2H3. The average molecular weight is 248 g/mol. The van der Waals surface area contributed by atoms with Crippen molar-refractivity contribution in [1.82, 2.24) is 5.16 Å². The number of anilines is 1. The van der Waals surface area contributed by atoms with Crippen molar-refractivity contribution in [2.45, 2.75) is 12.8 Å². The zero-order chi connectivity index (χ0) is 13.0. The molecule has 0 atom stereocenters. The van der Waals surface area contributed by atoms with Gasteiger partial charge in [-0.15, -0.1) is 0 Å². The molecule has 0 spiro atoms. The fourth-order valence-corrected chi connectivity index (χ4v) is 1.73. The van der Waals surface area contributed by atoms with Crippen molar-refractivity contribution >= 4 is 5.88 Å². The number of aromatic nitrogens is 1. The van der Waals surface area contributed by atoms with Crippen molar-refractivity contribution in [3.05, 3.63) is 35.5 Å². The Hall–Kier alpha value is -2.17. The van der Waals surface area contributed by atoms with Gasteiger partial charge in [0.05, 0.1) is 19.9 Å². The van der Waals surface area contributed by atoms with Crippen LogP contribution in [0.25, 0.3) is 0 Å². The molecule has 5 nitrogen and oxygen atoms in total. The number of nitrogen functional groups attached to an aromatic ring is 1. The third kappa shape index (κ3) is 2.94. The van der Waals surface area contributed by atoms with Crippen molar-refractivity contribution in [2.75, 3.05) is 20.0 Å². The molecule has 1 aromatic heterocycles. The molecule has 0 aliphatic rings. The van der Waals surface area contributed by atoms with Crippen LogP contribution in [0.2, 0.25) is 0 Å². The van der Waals surface area contributed by atoms with Crippen LogP contribution in [0, 0.1) is 0 Å². The maximum atomic E-state index is 5.47. The summed E-state index contributed by atoms with van der Waals surface area (Å²) in [5.41, 5.74) is 7.43. The van der Waals surface area contributed by atoms with Gasteiger partial charge in [-0.1, -0.05) is 5.16 Å². The molecular formula is C13H16N2O3. The minimum atomic E-state index is 0.341. The highest BCUT2D eigenvalue weighted by molar-refractivity contribution is 5.38. The molecule has 5 heteroatoms. The lowest BCUT2D eigenvalue weighted by atomic mass is 10.1. The van der Waals surface area contributed by atoms with Gasteiger partial charge in [-0.3, -0.25) is 0 Å². The largest absolute Gasteiger partial charge is 0.497 e. The van der Waals surface area contributed by atoms with Gasteiger partial charge in [-0.25, -0.2) is 0 Å². The number of aryl methyl sites for hydroxylation is 2. The van der Waals surface area contributed by atoms with Crippen molar-refractivity contribution in [3.8, 4) is 11.5 Å². The van der Waals surface area contributed by atoms with E-state index in [2.05, 4.69) is 5.16 Å². The second-order valence-electron chi connectivity index (χ2n) is 3.94. The van der Waals surface area contributed by atoms with E-state index in [-0.39, 0.29) is 0 Å². The molecule has 2 rings (SSSR count). The molecule has 1 heterocycles. The predicted octanol–water partition coefficient (Wildman–Crippen LogP) is 2.06. The van der Waals surface area contributed by atoms with E-state index < -0.39 is 0 Å². The molecule has 2 N–H and O–H groups in total. The number of ether oxygens (including phenoxy) is 2. The second kappa shape index (κ2) is 5.44. The highest BCUT2D eigenvalue weighted by Crippen LogP contribution is 2.23. The van der Waals surface area contributed by atoms with Crippen molar-refractivity contribution in [2.24, 2.45) is 0 Å². The average Bonchev–Trinajstić information content (AvgIpc) is 2.81. The lowest BCUT2D eigenvalue weighted by Crippen LogP contribution is -1.94. The Balaban J connectivity index is 2.08. The molecular weight excluding hydrogens is 232 g/mol. The quantitative estimate of drug-likeness (QED) is 0.877. The van der Waals surface area contributed by atoms with Gasteiger partial charge >= 0.3 is 0 Å². The number of benzene rings is 1. The molecule has 0 fully saturated rings. The smallest absolute Gasteiger partial charge is 0.222 e. The minimum absolute atomic E-state index is 0.341. The number of nitrogens with two attached hydrogens (primary N) is 1. The molecule has 18 heavy (non-hydrogen) atoms. The Morgan fingerprint density at radius 2 is 1.72 bits per heavy atom. The first-order valence-corrected chi connectivity index (χ1v) is 5.64. The molecule has 0 aliphatic heterocycles. The van der Waals surface area contributed by atoms with Crippen LogP contribution in [-0.2, 0) is 12.8 Å². The van der Waals surface area contributed by atoms with E-state index in [1.54, 1.807) is 20.3 Å². The molecule has 0 unspecified atom stereocenters. The second-order valence-corrected chi connectivity index (χ2v) is 3.94. The summed E-state index contributed by atoms with van der Waals surface area (Å²) in [5.74, 6) is 1.90. The van der Waals surface area contributed by atoms with Crippen LogP contribution in [-0.4, -0.2) is 19.4 Å². The Labute approximate surface area is 105 Å². The first-order valence-electron chi connectivity index (χ1n) is 5.64. The first kappa shape index (κ1) is 12.3. The van der Waals surface area contributed by atoms with Crippen molar-refractivity contribution in [1.29, 1.82) is 0 Å². The monoisotopic (exact) mass is 248 g/mol. The van der Waals surface area contributed by atoms with Gasteiger partial charge in [0.1, 0.15) is 11.5 Å². The van der Waals surface area contributed by atoms with E-state index in [4.69, 9.17) is 19.7 Å². The van der Waals surface area contributed by atoms with Gasteiger partial charge in [-0.05, 0) is 30.5 Å². The summed E-state index contributed by atoms with van der Waals surface area (Å²) in [4.78, 5) is 0. The Morgan fingerprint density at radius 3 is 2.22 bits per heavy atom. The highest BCUT2D eigenvalue weighted by atomic mass is 16.5. The van der Waals surface area contributed by atoms with Crippen LogP contribution >= 0.6 is 0 Å². The lowest BCUT2D eigenvalue weighted by Gasteiger charge is -2.07. The number of hydrogen-bond donors (Lipinski definition) is 1. The van der Waals surface area contributed by atoms with Gasteiger partial charge in [0.2, 0.25) is 5.88 Å². The molecule has 0 bridgehead atoms. The summed E-state index contributed by atoms with van der Waals surface area (Å²) in [6.45, 7) is 0. The van der Waals surface area contributed by atoms with E-state index in [9.17, 15) is 0 Å². The SMILES string of the molecule is COc1cc(CCc2cc(N)on2)cc(OC)c1. The Bertz CT molecular complexity index is 500. The summed E-state index contributed by atoms with van der Waals surface area (Å²) < 4.78 is 15.3. The number of hydrogen-bond acceptors (Lipinski definition) is 5. The molecule has 0 saturated heterocycles. The lowest BCUT2D eigenvalue weighted by molar-refractivity contribution is 0.393. The van der Waals surface area contributed by atoms with Gasteiger partial charge in [0.15, 0.2) is 0 Å².